The summed E-state index contributed by atoms with van der Waals surface area (Å²) in [6, 6.07) is 0. The van der Waals surface area contributed by atoms with Crippen LogP contribution in [0.2, 0.25) is 0 Å². The fraction of sp³-hybridized carbons (Fsp3) is 0.900. The maximum Gasteiger partial charge on any atom is 0.249 e. The van der Waals surface area contributed by atoms with Gasteiger partial charge in [0.25, 0.3) is 0 Å². The first-order chi connectivity index (χ1) is 6.84. The monoisotopic (exact) mass is 201 g/mol. The van der Waals surface area contributed by atoms with Crippen molar-refractivity contribution < 1.29 is 14.6 Å². The van der Waals surface area contributed by atoms with Crippen molar-refractivity contribution >= 4 is 5.91 Å². The lowest BCUT2D eigenvalue weighted by Gasteiger charge is -2.21. The maximum atomic E-state index is 11.5. The van der Waals surface area contributed by atoms with Gasteiger partial charge in [-0.2, -0.15) is 0 Å². The average molecular weight is 201 g/mol. The van der Waals surface area contributed by atoms with E-state index in [1.54, 1.807) is 0 Å². The number of unbranched alkanes of at least 4 members (excludes halogenated alkanes) is 1. The van der Waals surface area contributed by atoms with E-state index in [-0.39, 0.29) is 18.6 Å². The molecule has 1 saturated heterocycles. The predicted octanol–water partition coefficient (Wildman–Crippen LogP) is 0.444. The first kappa shape index (κ1) is 11.5. The quantitative estimate of drug-likeness (QED) is 0.635. The molecule has 0 aromatic heterocycles. The van der Waals surface area contributed by atoms with Gasteiger partial charge in [0.15, 0.2) is 0 Å². The number of amides is 1. The van der Waals surface area contributed by atoms with Gasteiger partial charge in [-0.3, -0.25) is 4.79 Å². The van der Waals surface area contributed by atoms with Crippen molar-refractivity contribution in [3.8, 4) is 0 Å². The van der Waals surface area contributed by atoms with Crippen LogP contribution in [0, 0.1) is 0 Å². The topological polar surface area (TPSA) is 58.6 Å². The molecule has 4 nitrogen and oxygen atoms in total. The molecule has 0 aromatic carbocycles. The minimum Gasteiger partial charge on any atom is -0.396 e. The average Bonchev–Trinajstić information content (AvgIpc) is 2.25. The second-order valence-electron chi connectivity index (χ2n) is 3.58. The van der Waals surface area contributed by atoms with Gasteiger partial charge in [-0.25, -0.2) is 0 Å². The maximum absolute atomic E-state index is 11.5. The van der Waals surface area contributed by atoms with E-state index in [0.717, 1.165) is 32.1 Å². The van der Waals surface area contributed by atoms with Gasteiger partial charge in [-0.15, -0.1) is 0 Å². The molecule has 1 rings (SSSR count). The molecule has 4 heteroatoms. The van der Waals surface area contributed by atoms with Crippen molar-refractivity contribution in [1.29, 1.82) is 0 Å². The van der Waals surface area contributed by atoms with Crippen molar-refractivity contribution in [3.05, 3.63) is 0 Å². The van der Waals surface area contributed by atoms with E-state index in [0.29, 0.717) is 13.2 Å². The Labute approximate surface area is 84.6 Å². The number of hydrogen-bond donors (Lipinski definition) is 2. The van der Waals surface area contributed by atoms with Crippen molar-refractivity contribution in [3.63, 3.8) is 0 Å². The molecule has 14 heavy (non-hydrogen) atoms. The lowest BCUT2D eigenvalue weighted by molar-refractivity contribution is -0.135. The molecule has 1 atom stereocenters. The zero-order valence-corrected chi connectivity index (χ0v) is 8.50. The van der Waals surface area contributed by atoms with Crippen LogP contribution in [0.4, 0.5) is 0 Å². The second-order valence-corrected chi connectivity index (χ2v) is 3.58. The van der Waals surface area contributed by atoms with Crippen LogP contribution in [-0.4, -0.2) is 36.9 Å². The Balaban J connectivity index is 2.07. The lowest BCUT2D eigenvalue weighted by atomic mass is 10.1. The minimum atomic E-state index is -0.238. The van der Waals surface area contributed by atoms with Gasteiger partial charge in [0.05, 0.1) is 0 Å². The van der Waals surface area contributed by atoms with Crippen LogP contribution in [-0.2, 0) is 9.53 Å². The number of hydrogen-bond acceptors (Lipinski definition) is 3. The highest BCUT2D eigenvalue weighted by Crippen LogP contribution is 2.12. The van der Waals surface area contributed by atoms with Crippen LogP contribution in [0.3, 0.4) is 0 Å². The number of ether oxygens (including phenoxy) is 1. The van der Waals surface area contributed by atoms with E-state index in [9.17, 15) is 4.79 Å². The summed E-state index contributed by atoms with van der Waals surface area (Å²) in [6.07, 6.45) is 4.31. The molecule has 1 unspecified atom stereocenters. The van der Waals surface area contributed by atoms with Crippen LogP contribution < -0.4 is 5.32 Å². The molecule has 1 aliphatic heterocycles. The van der Waals surface area contributed by atoms with Gasteiger partial charge in [0, 0.05) is 19.8 Å². The summed E-state index contributed by atoms with van der Waals surface area (Å²) in [5.74, 6) is 0.00244. The highest BCUT2D eigenvalue weighted by Gasteiger charge is 2.20. The number of carbonyl (C=O) groups is 1. The number of aliphatic hydroxyl groups excluding tert-OH is 1. The largest absolute Gasteiger partial charge is 0.396 e. The van der Waals surface area contributed by atoms with Crippen LogP contribution in [0.25, 0.3) is 0 Å². The van der Waals surface area contributed by atoms with E-state index in [1.807, 2.05) is 0 Å². The molecule has 1 fully saturated rings. The number of rotatable bonds is 5. The molecule has 2 N–H and O–H groups in total. The second kappa shape index (κ2) is 6.79. The fourth-order valence-corrected chi connectivity index (χ4v) is 1.51. The van der Waals surface area contributed by atoms with Gasteiger partial charge in [0.2, 0.25) is 5.91 Å². The lowest BCUT2D eigenvalue weighted by Crippen LogP contribution is -2.38. The molecular formula is C10H19NO3. The first-order valence-corrected chi connectivity index (χ1v) is 5.35. The molecule has 0 bridgehead atoms. The summed E-state index contributed by atoms with van der Waals surface area (Å²) < 4.78 is 5.34. The summed E-state index contributed by atoms with van der Waals surface area (Å²) in [5, 5.41) is 11.4. The van der Waals surface area contributed by atoms with Gasteiger partial charge in [-0.05, 0) is 32.1 Å². The van der Waals surface area contributed by atoms with E-state index in [4.69, 9.17) is 9.84 Å². The molecular weight excluding hydrogens is 182 g/mol. The van der Waals surface area contributed by atoms with Crippen molar-refractivity contribution in [2.45, 2.75) is 38.2 Å². The zero-order valence-electron chi connectivity index (χ0n) is 8.50. The normalized spacial score (nSPS) is 21.9. The van der Waals surface area contributed by atoms with Gasteiger partial charge >= 0.3 is 0 Å². The Morgan fingerprint density at radius 3 is 2.93 bits per heavy atom. The molecule has 0 saturated carbocycles. The van der Waals surface area contributed by atoms with Crippen LogP contribution >= 0.6 is 0 Å². The van der Waals surface area contributed by atoms with Crippen LogP contribution in [0.5, 0.6) is 0 Å². The van der Waals surface area contributed by atoms with Gasteiger partial charge in [-0.1, -0.05) is 0 Å². The Hall–Kier alpha value is -0.610. The minimum absolute atomic E-state index is 0.00244. The predicted molar refractivity (Wildman–Crippen MR) is 52.9 cm³/mol. The third-order valence-corrected chi connectivity index (χ3v) is 2.36. The summed E-state index contributed by atoms with van der Waals surface area (Å²) in [4.78, 5) is 11.5. The summed E-state index contributed by atoms with van der Waals surface area (Å²) in [6.45, 7) is 1.53. The highest BCUT2D eigenvalue weighted by molar-refractivity contribution is 5.80. The third kappa shape index (κ3) is 4.07. The van der Waals surface area contributed by atoms with Crippen LogP contribution in [0.1, 0.15) is 32.1 Å². The van der Waals surface area contributed by atoms with E-state index >= 15 is 0 Å². The smallest absolute Gasteiger partial charge is 0.249 e. The van der Waals surface area contributed by atoms with Gasteiger partial charge < -0.3 is 15.2 Å². The molecule has 0 aromatic rings. The molecule has 1 heterocycles. The molecule has 82 valence electrons. The Morgan fingerprint density at radius 2 is 2.29 bits per heavy atom. The number of aliphatic hydroxyl groups is 1. The fourth-order valence-electron chi connectivity index (χ4n) is 1.51. The molecule has 1 aliphatic rings. The Kier molecular flexibility index (Phi) is 5.56. The Morgan fingerprint density at radius 1 is 1.43 bits per heavy atom. The van der Waals surface area contributed by atoms with E-state index < -0.39 is 0 Å². The molecule has 0 spiro atoms. The highest BCUT2D eigenvalue weighted by atomic mass is 16.5. The standard InChI is InChI=1S/C10H19NO3/c12-7-3-2-6-11-10(13)9-5-1-4-8-14-9/h9,12H,1-8H2,(H,11,13). The summed E-state index contributed by atoms with van der Waals surface area (Å²) in [7, 11) is 0. The van der Waals surface area contributed by atoms with E-state index in [1.165, 1.54) is 0 Å². The SMILES string of the molecule is O=C(NCCCCO)C1CCCCO1. The number of carbonyl (C=O) groups excluding carboxylic acids is 1. The molecule has 0 radical (unpaired) electrons. The number of nitrogens with one attached hydrogen (secondary N) is 1. The molecule has 1 amide bonds. The van der Waals surface area contributed by atoms with Crippen LogP contribution in [0.15, 0.2) is 0 Å². The third-order valence-electron chi connectivity index (χ3n) is 2.36. The van der Waals surface area contributed by atoms with Crippen molar-refractivity contribution in [2.24, 2.45) is 0 Å². The van der Waals surface area contributed by atoms with Crippen molar-refractivity contribution in [2.75, 3.05) is 19.8 Å². The Bertz CT molecular complexity index is 167. The first-order valence-electron chi connectivity index (χ1n) is 5.35. The van der Waals surface area contributed by atoms with Crippen molar-refractivity contribution in [1.82, 2.24) is 5.32 Å². The summed E-state index contributed by atoms with van der Waals surface area (Å²) in [5.41, 5.74) is 0. The van der Waals surface area contributed by atoms with E-state index in [2.05, 4.69) is 5.32 Å². The zero-order chi connectivity index (χ0) is 10.2. The van der Waals surface area contributed by atoms with Gasteiger partial charge in [0.1, 0.15) is 6.10 Å². The molecule has 0 aliphatic carbocycles. The summed E-state index contributed by atoms with van der Waals surface area (Å²) >= 11 is 0.